The summed E-state index contributed by atoms with van der Waals surface area (Å²) in [4.78, 5) is 6.47. The monoisotopic (exact) mass is 251 g/mol. The van der Waals surface area contributed by atoms with E-state index in [1.165, 1.54) is 0 Å². The van der Waals surface area contributed by atoms with Gasteiger partial charge in [0.2, 0.25) is 0 Å². The van der Waals surface area contributed by atoms with E-state index in [9.17, 15) is 0 Å². The molecule has 6 nitrogen and oxygen atoms in total. The highest BCUT2D eigenvalue weighted by atomic mass is 16.4. The van der Waals surface area contributed by atoms with Crippen LogP contribution >= 0.6 is 0 Å². The van der Waals surface area contributed by atoms with Crippen LogP contribution < -0.4 is 5.73 Å². The van der Waals surface area contributed by atoms with Crippen LogP contribution in [-0.4, -0.2) is 45.1 Å². The van der Waals surface area contributed by atoms with Gasteiger partial charge in [-0.15, -0.1) is 0 Å². The van der Waals surface area contributed by atoms with E-state index in [0.29, 0.717) is 5.84 Å². The Labute approximate surface area is 107 Å². The van der Waals surface area contributed by atoms with Crippen LogP contribution in [0.3, 0.4) is 0 Å². The summed E-state index contributed by atoms with van der Waals surface area (Å²) in [5, 5.41) is 11.7. The highest BCUT2D eigenvalue weighted by Gasteiger charge is 2.21. The zero-order chi connectivity index (χ0) is 12.8. The third-order valence-electron chi connectivity index (χ3n) is 3.57. The Hall–Kier alpha value is -1.56. The SMILES string of the molecule is NC(=NO)C1CCN(CCCn2ccnc2)CC1. The summed E-state index contributed by atoms with van der Waals surface area (Å²) in [7, 11) is 0. The molecule has 0 radical (unpaired) electrons. The lowest BCUT2D eigenvalue weighted by Gasteiger charge is -2.31. The van der Waals surface area contributed by atoms with Crippen LogP contribution in [0.4, 0.5) is 0 Å². The normalized spacial score (nSPS) is 19.2. The fourth-order valence-electron chi connectivity index (χ4n) is 2.43. The van der Waals surface area contributed by atoms with E-state index in [1.807, 2.05) is 18.7 Å². The largest absolute Gasteiger partial charge is 0.409 e. The molecule has 0 saturated carbocycles. The lowest BCUT2D eigenvalue weighted by Crippen LogP contribution is -2.39. The molecular formula is C12H21N5O. The Balaban J connectivity index is 1.65. The molecule has 100 valence electrons. The topological polar surface area (TPSA) is 79.7 Å². The summed E-state index contributed by atoms with van der Waals surface area (Å²) in [6.07, 6.45) is 8.75. The number of nitrogens with two attached hydrogens (primary N) is 1. The summed E-state index contributed by atoms with van der Waals surface area (Å²) >= 11 is 0. The molecule has 1 saturated heterocycles. The minimum absolute atomic E-state index is 0.250. The van der Waals surface area contributed by atoms with Crippen LogP contribution in [0.15, 0.2) is 23.9 Å². The zero-order valence-corrected chi connectivity index (χ0v) is 10.6. The van der Waals surface area contributed by atoms with Crippen molar-refractivity contribution in [1.82, 2.24) is 14.5 Å². The molecule has 1 aliphatic rings. The summed E-state index contributed by atoms with van der Waals surface area (Å²) in [6, 6.07) is 0. The summed E-state index contributed by atoms with van der Waals surface area (Å²) < 4.78 is 2.10. The van der Waals surface area contributed by atoms with Gasteiger partial charge < -0.3 is 20.4 Å². The fourth-order valence-corrected chi connectivity index (χ4v) is 2.43. The molecular weight excluding hydrogens is 230 g/mol. The number of hydrogen-bond acceptors (Lipinski definition) is 4. The van der Waals surface area contributed by atoms with E-state index in [4.69, 9.17) is 10.9 Å². The van der Waals surface area contributed by atoms with Crippen LogP contribution in [0.1, 0.15) is 19.3 Å². The van der Waals surface area contributed by atoms with E-state index >= 15 is 0 Å². The van der Waals surface area contributed by atoms with E-state index in [1.54, 1.807) is 0 Å². The van der Waals surface area contributed by atoms with Crippen molar-refractivity contribution in [2.45, 2.75) is 25.8 Å². The molecule has 0 spiro atoms. The Morgan fingerprint density at radius 1 is 1.39 bits per heavy atom. The standard InChI is InChI=1S/C12H21N5O/c13-12(15-18)11-2-7-16(8-3-11)5-1-6-17-9-4-14-10-17/h4,9-11,18H,1-3,5-8H2,(H2,13,15). The van der Waals surface area contributed by atoms with E-state index in [0.717, 1.165) is 45.4 Å². The molecule has 0 atom stereocenters. The minimum atomic E-state index is 0.250. The van der Waals surface area contributed by atoms with Gasteiger partial charge in [0.1, 0.15) is 5.84 Å². The predicted molar refractivity (Wildman–Crippen MR) is 69.4 cm³/mol. The van der Waals surface area contributed by atoms with Gasteiger partial charge in [0.05, 0.1) is 6.33 Å². The second-order valence-electron chi connectivity index (χ2n) is 4.79. The molecule has 0 aromatic carbocycles. The molecule has 0 aliphatic carbocycles. The molecule has 2 heterocycles. The molecule has 0 bridgehead atoms. The summed E-state index contributed by atoms with van der Waals surface area (Å²) in [6.45, 7) is 4.18. The highest BCUT2D eigenvalue weighted by molar-refractivity contribution is 5.82. The molecule has 3 N–H and O–H groups in total. The first kappa shape index (κ1) is 12.9. The first-order valence-electron chi connectivity index (χ1n) is 6.45. The number of hydrogen-bond donors (Lipinski definition) is 2. The third-order valence-corrected chi connectivity index (χ3v) is 3.57. The van der Waals surface area contributed by atoms with Gasteiger partial charge in [-0.1, -0.05) is 5.16 Å². The predicted octanol–water partition coefficient (Wildman–Crippen LogP) is 0.732. The highest BCUT2D eigenvalue weighted by Crippen LogP contribution is 2.17. The number of likely N-dealkylation sites (tertiary alicyclic amines) is 1. The first-order chi connectivity index (χ1) is 8.79. The number of nitrogens with zero attached hydrogens (tertiary/aromatic N) is 4. The Kier molecular flexibility index (Phi) is 4.58. The van der Waals surface area contributed by atoms with Gasteiger partial charge in [-0.25, -0.2) is 4.98 Å². The fraction of sp³-hybridized carbons (Fsp3) is 0.667. The van der Waals surface area contributed by atoms with Gasteiger partial charge in [0.15, 0.2) is 0 Å². The Morgan fingerprint density at radius 3 is 2.78 bits per heavy atom. The lowest BCUT2D eigenvalue weighted by atomic mass is 9.96. The summed E-state index contributed by atoms with van der Waals surface area (Å²) in [5.41, 5.74) is 5.63. The molecule has 0 amide bonds. The maximum absolute atomic E-state index is 8.64. The Morgan fingerprint density at radius 2 is 2.17 bits per heavy atom. The second kappa shape index (κ2) is 6.39. The van der Waals surface area contributed by atoms with Crippen LogP contribution in [0.25, 0.3) is 0 Å². The van der Waals surface area contributed by atoms with Crippen molar-refractivity contribution in [3.05, 3.63) is 18.7 Å². The maximum atomic E-state index is 8.64. The Bertz CT molecular complexity index is 368. The molecule has 1 aromatic rings. The van der Waals surface area contributed by atoms with Crippen LogP contribution in [0.2, 0.25) is 0 Å². The van der Waals surface area contributed by atoms with Crippen molar-refractivity contribution < 1.29 is 5.21 Å². The average Bonchev–Trinajstić information content (AvgIpc) is 2.92. The average molecular weight is 251 g/mol. The van der Waals surface area contributed by atoms with Gasteiger partial charge in [-0.05, 0) is 38.9 Å². The van der Waals surface area contributed by atoms with Crippen LogP contribution in [-0.2, 0) is 6.54 Å². The number of imidazole rings is 1. The number of aromatic nitrogens is 2. The molecule has 0 unspecified atom stereocenters. The van der Waals surface area contributed by atoms with E-state index in [2.05, 4.69) is 19.6 Å². The van der Waals surface area contributed by atoms with Crippen molar-refractivity contribution >= 4 is 5.84 Å². The number of amidine groups is 1. The van der Waals surface area contributed by atoms with Crippen LogP contribution in [0.5, 0.6) is 0 Å². The number of piperidine rings is 1. The number of oxime groups is 1. The summed E-state index contributed by atoms with van der Waals surface area (Å²) in [5.74, 6) is 0.632. The van der Waals surface area contributed by atoms with Crippen LogP contribution in [0, 0.1) is 5.92 Å². The smallest absolute Gasteiger partial charge is 0.142 e. The van der Waals surface area contributed by atoms with Crippen molar-refractivity contribution in [3.63, 3.8) is 0 Å². The van der Waals surface area contributed by atoms with Crippen molar-refractivity contribution in [1.29, 1.82) is 0 Å². The van der Waals surface area contributed by atoms with Gasteiger partial charge >= 0.3 is 0 Å². The first-order valence-corrected chi connectivity index (χ1v) is 6.45. The molecule has 1 fully saturated rings. The zero-order valence-electron chi connectivity index (χ0n) is 10.6. The van der Waals surface area contributed by atoms with Gasteiger partial charge in [0.25, 0.3) is 0 Å². The minimum Gasteiger partial charge on any atom is -0.409 e. The third kappa shape index (κ3) is 3.46. The lowest BCUT2D eigenvalue weighted by molar-refractivity contribution is 0.201. The van der Waals surface area contributed by atoms with Crippen molar-refractivity contribution in [2.75, 3.05) is 19.6 Å². The van der Waals surface area contributed by atoms with Crippen molar-refractivity contribution in [3.8, 4) is 0 Å². The molecule has 18 heavy (non-hydrogen) atoms. The molecule has 1 aliphatic heterocycles. The van der Waals surface area contributed by atoms with E-state index < -0.39 is 0 Å². The van der Waals surface area contributed by atoms with Crippen molar-refractivity contribution in [2.24, 2.45) is 16.8 Å². The van der Waals surface area contributed by atoms with Gasteiger partial charge in [-0.2, -0.15) is 0 Å². The van der Waals surface area contributed by atoms with Gasteiger partial charge in [0, 0.05) is 24.9 Å². The molecule has 1 aromatic heterocycles. The van der Waals surface area contributed by atoms with Gasteiger partial charge in [-0.3, -0.25) is 0 Å². The molecule has 2 rings (SSSR count). The quantitative estimate of drug-likeness (QED) is 0.350. The molecule has 6 heteroatoms. The van der Waals surface area contributed by atoms with E-state index in [-0.39, 0.29) is 5.92 Å². The second-order valence-corrected chi connectivity index (χ2v) is 4.79. The maximum Gasteiger partial charge on any atom is 0.142 e. The number of aryl methyl sites for hydroxylation is 1. The number of rotatable bonds is 5.